The highest BCUT2D eigenvalue weighted by Crippen LogP contribution is 2.35. The van der Waals surface area contributed by atoms with E-state index in [1.54, 1.807) is 0 Å². The highest BCUT2D eigenvalue weighted by molar-refractivity contribution is 7.90. The van der Waals surface area contributed by atoms with Crippen LogP contribution in [0.25, 0.3) is 0 Å². The summed E-state index contributed by atoms with van der Waals surface area (Å²) in [6, 6.07) is 0.693. The molecule has 1 amide bonds. The Bertz CT molecular complexity index is 393. The first kappa shape index (κ1) is 12.8. The van der Waals surface area contributed by atoms with Crippen LogP contribution in [-0.2, 0) is 14.6 Å². The number of hydrogen-bond donors (Lipinski definition) is 1. The molecule has 2 unspecified atom stereocenters. The van der Waals surface area contributed by atoms with E-state index in [9.17, 15) is 13.2 Å². The zero-order valence-corrected chi connectivity index (χ0v) is 10.9. The van der Waals surface area contributed by atoms with Crippen molar-refractivity contribution >= 4 is 15.7 Å². The van der Waals surface area contributed by atoms with Gasteiger partial charge in [-0.3, -0.25) is 4.79 Å². The van der Waals surface area contributed by atoms with Crippen molar-refractivity contribution in [2.24, 2.45) is 5.73 Å². The zero-order valence-electron chi connectivity index (χ0n) is 10.1. The number of rotatable bonds is 3. The Morgan fingerprint density at radius 1 is 1.29 bits per heavy atom. The van der Waals surface area contributed by atoms with Gasteiger partial charge in [0.25, 0.3) is 0 Å². The zero-order chi connectivity index (χ0) is 12.6. The number of carbonyl (C=O) groups is 1. The van der Waals surface area contributed by atoms with Gasteiger partial charge in [-0.1, -0.05) is 0 Å². The van der Waals surface area contributed by atoms with E-state index in [4.69, 9.17) is 5.73 Å². The predicted octanol–water partition coefficient (Wildman–Crippen LogP) is -0.0982. The first-order valence-corrected chi connectivity index (χ1v) is 8.17. The summed E-state index contributed by atoms with van der Waals surface area (Å²) in [5.41, 5.74) is 5.93. The summed E-state index contributed by atoms with van der Waals surface area (Å²) in [6.45, 7) is 0. The lowest BCUT2D eigenvalue weighted by atomic mass is 9.98. The largest absolute Gasteiger partial charge is 0.337 e. The van der Waals surface area contributed by atoms with Crippen LogP contribution in [0.15, 0.2) is 0 Å². The number of carbonyl (C=O) groups excluding carboxylic acids is 1. The Hall–Kier alpha value is -0.620. The van der Waals surface area contributed by atoms with Crippen molar-refractivity contribution in [2.45, 2.75) is 50.2 Å². The summed E-state index contributed by atoms with van der Waals surface area (Å²) in [7, 11) is -3.06. The van der Waals surface area contributed by atoms with Gasteiger partial charge in [-0.05, 0) is 25.7 Å². The van der Waals surface area contributed by atoms with Crippen LogP contribution in [0.1, 0.15) is 32.1 Å². The molecule has 0 aromatic rings. The minimum Gasteiger partial charge on any atom is -0.337 e. The van der Waals surface area contributed by atoms with Crippen molar-refractivity contribution in [3.63, 3.8) is 0 Å². The fourth-order valence-electron chi connectivity index (χ4n) is 3.03. The Morgan fingerprint density at radius 2 is 1.82 bits per heavy atom. The van der Waals surface area contributed by atoms with Gasteiger partial charge in [-0.15, -0.1) is 0 Å². The molecule has 2 atom stereocenters. The van der Waals surface area contributed by atoms with Crippen LogP contribution >= 0.6 is 0 Å². The Labute approximate surface area is 102 Å². The monoisotopic (exact) mass is 260 g/mol. The second kappa shape index (κ2) is 4.57. The molecule has 6 heteroatoms. The molecule has 0 aromatic heterocycles. The second-order valence-corrected chi connectivity index (χ2v) is 7.56. The number of sulfone groups is 1. The van der Waals surface area contributed by atoms with Crippen LogP contribution in [0.5, 0.6) is 0 Å². The van der Waals surface area contributed by atoms with Crippen LogP contribution in [0.2, 0.25) is 0 Å². The number of nitrogens with two attached hydrogens (primary N) is 1. The van der Waals surface area contributed by atoms with Crippen molar-refractivity contribution < 1.29 is 13.2 Å². The lowest BCUT2D eigenvalue weighted by Crippen LogP contribution is -2.50. The minimum atomic E-state index is -3.06. The molecule has 98 valence electrons. The number of amides is 1. The Kier molecular flexibility index (Phi) is 3.45. The molecule has 0 aliphatic carbocycles. The fraction of sp³-hybridized carbons (Fsp3) is 0.909. The molecule has 0 saturated carbocycles. The molecule has 2 rings (SSSR count). The average Bonchev–Trinajstić information content (AvgIpc) is 2.47. The average molecular weight is 260 g/mol. The van der Waals surface area contributed by atoms with Gasteiger partial charge in [0.2, 0.25) is 5.91 Å². The van der Waals surface area contributed by atoms with Gasteiger partial charge in [-0.25, -0.2) is 8.42 Å². The first-order valence-electron chi connectivity index (χ1n) is 6.11. The topological polar surface area (TPSA) is 80.5 Å². The van der Waals surface area contributed by atoms with Crippen molar-refractivity contribution in [3.05, 3.63) is 0 Å². The quantitative estimate of drug-likeness (QED) is 0.768. The maximum absolute atomic E-state index is 12.0. The van der Waals surface area contributed by atoms with Crippen LogP contribution in [-0.4, -0.2) is 49.4 Å². The summed E-state index contributed by atoms with van der Waals surface area (Å²) in [4.78, 5) is 13.9. The summed E-state index contributed by atoms with van der Waals surface area (Å²) in [6.07, 6.45) is 5.04. The van der Waals surface area contributed by atoms with Crippen molar-refractivity contribution in [3.8, 4) is 0 Å². The van der Waals surface area contributed by atoms with E-state index in [1.165, 1.54) is 6.26 Å². The summed E-state index contributed by atoms with van der Waals surface area (Å²) in [5.74, 6) is -0.0665. The molecule has 5 nitrogen and oxygen atoms in total. The van der Waals surface area contributed by atoms with Crippen molar-refractivity contribution in [1.29, 1.82) is 0 Å². The third-order valence-electron chi connectivity index (χ3n) is 3.74. The molecule has 2 fully saturated rings. The van der Waals surface area contributed by atoms with E-state index >= 15 is 0 Å². The van der Waals surface area contributed by atoms with E-state index in [-0.39, 0.29) is 36.2 Å². The normalized spacial score (nSPS) is 32.8. The number of nitrogens with zero attached hydrogens (tertiary/aromatic N) is 1. The Morgan fingerprint density at radius 3 is 2.29 bits per heavy atom. The van der Waals surface area contributed by atoms with E-state index in [2.05, 4.69) is 0 Å². The molecule has 2 aliphatic heterocycles. The van der Waals surface area contributed by atoms with Gasteiger partial charge in [0.05, 0.1) is 5.75 Å². The maximum Gasteiger partial charge on any atom is 0.224 e. The van der Waals surface area contributed by atoms with Crippen LogP contribution in [0.3, 0.4) is 0 Å². The van der Waals surface area contributed by atoms with E-state index in [1.807, 2.05) is 4.90 Å². The summed E-state index contributed by atoms with van der Waals surface area (Å²) < 4.78 is 22.1. The smallest absolute Gasteiger partial charge is 0.224 e. The third-order valence-corrected chi connectivity index (χ3v) is 4.69. The van der Waals surface area contributed by atoms with Crippen LogP contribution in [0, 0.1) is 0 Å². The molecule has 2 saturated heterocycles. The SMILES string of the molecule is CS(=O)(=O)CCC(=O)N1C2CCC1CC(N)C2. The molecule has 2 N–H and O–H groups in total. The maximum atomic E-state index is 12.0. The van der Waals surface area contributed by atoms with E-state index in [0.29, 0.717) is 0 Å². The van der Waals surface area contributed by atoms with Gasteiger partial charge in [0.1, 0.15) is 9.84 Å². The summed E-state index contributed by atoms with van der Waals surface area (Å²) >= 11 is 0. The summed E-state index contributed by atoms with van der Waals surface area (Å²) in [5, 5.41) is 0. The Balaban J connectivity index is 1.97. The first-order chi connectivity index (χ1) is 7.87. The molecule has 0 aromatic carbocycles. The van der Waals surface area contributed by atoms with Crippen molar-refractivity contribution in [1.82, 2.24) is 4.90 Å². The molecule has 0 spiro atoms. The van der Waals surface area contributed by atoms with Gasteiger partial charge < -0.3 is 10.6 Å². The van der Waals surface area contributed by atoms with Gasteiger partial charge in [-0.2, -0.15) is 0 Å². The van der Waals surface area contributed by atoms with E-state index < -0.39 is 9.84 Å². The third kappa shape index (κ3) is 2.98. The van der Waals surface area contributed by atoms with Crippen molar-refractivity contribution in [2.75, 3.05) is 12.0 Å². The molecule has 2 aliphatic rings. The molecule has 2 heterocycles. The lowest BCUT2D eigenvalue weighted by Gasteiger charge is -2.37. The highest BCUT2D eigenvalue weighted by atomic mass is 32.2. The van der Waals surface area contributed by atoms with Gasteiger partial charge in [0, 0.05) is 30.8 Å². The minimum absolute atomic E-state index is 0.0187. The van der Waals surface area contributed by atoms with Gasteiger partial charge >= 0.3 is 0 Å². The fourth-order valence-corrected chi connectivity index (χ4v) is 3.57. The van der Waals surface area contributed by atoms with Crippen LogP contribution < -0.4 is 5.73 Å². The number of hydrogen-bond acceptors (Lipinski definition) is 4. The molecule has 2 bridgehead atoms. The lowest BCUT2D eigenvalue weighted by molar-refractivity contribution is -0.135. The number of piperidine rings is 1. The standard InChI is InChI=1S/C11H20N2O3S/c1-17(15,16)5-4-11(14)13-9-2-3-10(13)7-8(12)6-9/h8-10H,2-7,12H2,1H3. The van der Waals surface area contributed by atoms with E-state index in [0.717, 1.165) is 25.7 Å². The number of fused-ring (bicyclic) bond motifs is 2. The highest BCUT2D eigenvalue weighted by Gasteiger charge is 2.41. The molecule has 17 heavy (non-hydrogen) atoms. The molecule has 0 radical (unpaired) electrons. The molecular weight excluding hydrogens is 240 g/mol. The molecular formula is C11H20N2O3S. The predicted molar refractivity (Wildman–Crippen MR) is 65.2 cm³/mol. The second-order valence-electron chi connectivity index (χ2n) is 5.30. The van der Waals surface area contributed by atoms with Gasteiger partial charge in [0.15, 0.2) is 0 Å². The van der Waals surface area contributed by atoms with Crippen LogP contribution in [0.4, 0.5) is 0 Å².